The maximum atomic E-state index is 12.3. The van der Waals surface area contributed by atoms with E-state index in [1.807, 2.05) is 61.5 Å². The number of aryl methyl sites for hydroxylation is 1. The van der Waals surface area contributed by atoms with E-state index in [-0.39, 0.29) is 24.2 Å². The third-order valence-corrected chi connectivity index (χ3v) is 4.90. The molecular formula is C23H23N3O3. The fourth-order valence-electron chi connectivity index (χ4n) is 3.01. The Balaban J connectivity index is 1.30. The van der Waals surface area contributed by atoms with E-state index in [0.29, 0.717) is 23.9 Å². The Kier molecular flexibility index (Phi) is 5.42. The maximum absolute atomic E-state index is 12.3. The van der Waals surface area contributed by atoms with Gasteiger partial charge in [0, 0.05) is 23.7 Å². The van der Waals surface area contributed by atoms with Gasteiger partial charge in [-0.05, 0) is 49.6 Å². The Morgan fingerprint density at radius 3 is 2.48 bits per heavy atom. The predicted molar refractivity (Wildman–Crippen MR) is 110 cm³/mol. The number of anilines is 1. The molecule has 0 aliphatic heterocycles. The van der Waals surface area contributed by atoms with Gasteiger partial charge in [-0.25, -0.2) is 4.98 Å². The summed E-state index contributed by atoms with van der Waals surface area (Å²) in [4.78, 5) is 28.6. The molecule has 0 radical (unpaired) electrons. The summed E-state index contributed by atoms with van der Waals surface area (Å²) in [7, 11) is 0. The van der Waals surface area contributed by atoms with Crippen LogP contribution < -0.4 is 10.6 Å². The van der Waals surface area contributed by atoms with Crippen LogP contribution in [0.1, 0.15) is 29.9 Å². The molecule has 1 fully saturated rings. The number of oxazole rings is 1. The van der Waals surface area contributed by atoms with Gasteiger partial charge >= 0.3 is 0 Å². The van der Waals surface area contributed by atoms with Gasteiger partial charge in [0.05, 0.1) is 12.1 Å². The summed E-state index contributed by atoms with van der Waals surface area (Å²) < 4.78 is 5.70. The quantitative estimate of drug-likeness (QED) is 0.643. The van der Waals surface area contributed by atoms with E-state index < -0.39 is 0 Å². The molecule has 1 saturated carbocycles. The number of carbonyl (C=O) groups is 2. The van der Waals surface area contributed by atoms with Crippen molar-refractivity contribution in [1.29, 1.82) is 0 Å². The molecule has 2 N–H and O–H groups in total. The van der Waals surface area contributed by atoms with E-state index in [1.165, 1.54) is 0 Å². The predicted octanol–water partition coefficient (Wildman–Crippen LogP) is 3.86. The topological polar surface area (TPSA) is 84.2 Å². The van der Waals surface area contributed by atoms with E-state index in [9.17, 15) is 9.59 Å². The first-order valence-electron chi connectivity index (χ1n) is 9.77. The van der Waals surface area contributed by atoms with Crippen molar-refractivity contribution in [3.05, 3.63) is 71.6 Å². The highest BCUT2D eigenvalue weighted by molar-refractivity contribution is 5.94. The molecule has 0 unspecified atom stereocenters. The molecule has 2 amide bonds. The van der Waals surface area contributed by atoms with Crippen LogP contribution in [0.4, 0.5) is 5.69 Å². The van der Waals surface area contributed by atoms with Crippen LogP contribution in [0, 0.1) is 12.8 Å². The van der Waals surface area contributed by atoms with E-state index in [0.717, 1.165) is 29.7 Å². The number of aromatic nitrogens is 1. The number of rotatable bonds is 7. The van der Waals surface area contributed by atoms with Crippen molar-refractivity contribution in [2.75, 3.05) is 5.32 Å². The number of hydrogen-bond acceptors (Lipinski definition) is 4. The fraction of sp³-hybridized carbons (Fsp3) is 0.261. The van der Waals surface area contributed by atoms with Crippen molar-refractivity contribution in [3.63, 3.8) is 0 Å². The monoisotopic (exact) mass is 389 g/mol. The minimum absolute atomic E-state index is 0.0870. The van der Waals surface area contributed by atoms with E-state index in [2.05, 4.69) is 15.6 Å². The van der Waals surface area contributed by atoms with Gasteiger partial charge in [-0.1, -0.05) is 30.3 Å². The lowest BCUT2D eigenvalue weighted by molar-refractivity contribution is -0.120. The van der Waals surface area contributed by atoms with Gasteiger partial charge in [-0.3, -0.25) is 9.59 Å². The lowest BCUT2D eigenvalue weighted by Crippen LogP contribution is -2.25. The van der Waals surface area contributed by atoms with Gasteiger partial charge in [0.1, 0.15) is 5.76 Å². The highest BCUT2D eigenvalue weighted by Gasteiger charge is 2.29. The minimum atomic E-state index is -0.118. The average molecular weight is 389 g/mol. The Bertz CT molecular complexity index is 1010. The third-order valence-electron chi connectivity index (χ3n) is 4.90. The summed E-state index contributed by atoms with van der Waals surface area (Å²) in [6, 6.07) is 17.1. The first kappa shape index (κ1) is 18.9. The van der Waals surface area contributed by atoms with Crippen molar-refractivity contribution in [2.45, 2.75) is 32.7 Å². The first-order valence-corrected chi connectivity index (χ1v) is 9.77. The molecule has 2 aromatic carbocycles. The molecule has 1 aliphatic carbocycles. The second-order valence-corrected chi connectivity index (χ2v) is 7.30. The van der Waals surface area contributed by atoms with Gasteiger partial charge in [0.25, 0.3) is 0 Å². The van der Waals surface area contributed by atoms with E-state index in [1.54, 1.807) is 0 Å². The Hall–Kier alpha value is -3.41. The second kappa shape index (κ2) is 8.31. The van der Waals surface area contributed by atoms with Gasteiger partial charge in [-0.15, -0.1) is 0 Å². The standard InChI is InChI=1S/C23H23N3O3/c1-15-20(26-23(29-15)18-5-3-2-4-6-18)13-21(27)24-14-16-7-11-19(12-8-16)25-22(28)17-9-10-17/h2-8,11-12,17H,9-10,13-14H2,1H3,(H,24,27)(H,25,28). The number of amides is 2. The van der Waals surface area contributed by atoms with Gasteiger partial charge in [0.15, 0.2) is 0 Å². The zero-order chi connectivity index (χ0) is 20.2. The molecule has 148 valence electrons. The summed E-state index contributed by atoms with van der Waals surface area (Å²) >= 11 is 0. The third kappa shape index (κ3) is 4.90. The van der Waals surface area contributed by atoms with Crippen molar-refractivity contribution < 1.29 is 14.0 Å². The van der Waals surface area contributed by atoms with Crippen molar-refractivity contribution in [1.82, 2.24) is 10.3 Å². The summed E-state index contributed by atoms with van der Waals surface area (Å²) in [6.07, 6.45) is 2.12. The summed E-state index contributed by atoms with van der Waals surface area (Å²) in [5, 5.41) is 5.81. The van der Waals surface area contributed by atoms with E-state index >= 15 is 0 Å². The molecular weight excluding hydrogens is 366 g/mol. The second-order valence-electron chi connectivity index (χ2n) is 7.30. The van der Waals surface area contributed by atoms with E-state index in [4.69, 9.17) is 4.42 Å². The molecule has 3 aromatic rings. The molecule has 1 aromatic heterocycles. The molecule has 0 saturated heterocycles. The number of benzene rings is 2. The molecule has 29 heavy (non-hydrogen) atoms. The van der Waals surface area contributed by atoms with Crippen molar-refractivity contribution in [3.8, 4) is 11.5 Å². The lowest BCUT2D eigenvalue weighted by atomic mass is 10.2. The van der Waals surface area contributed by atoms with Crippen LogP contribution >= 0.6 is 0 Å². The number of nitrogens with one attached hydrogen (secondary N) is 2. The summed E-state index contributed by atoms with van der Waals surface area (Å²) in [5.41, 5.74) is 3.27. The summed E-state index contributed by atoms with van der Waals surface area (Å²) in [5.74, 6) is 1.32. The van der Waals surface area contributed by atoms with Crippen LogP contribution in [0.25, 0.3) is 11.5 Å². The Labute approximate surface area is 169 Å². The van der Waals surface area contributed by atoms with Crippen LogP contribution in [0.5, 0.6) is 0 Å². The van der Waals surface area contributed by atoms with Crippen LogP contribution in [0.3, 0.4) is 0 Å². The van der Waals surface area contributed by atoms with Crippen molar-refractivity contribution in [2.24, 2.45) is 5.92 Å². The SMILES string of the molecule is Cc1oc(-c2ccccc2)nc1CC(=O)NCc1ccc(NC(=O)C2CC2)cc1. The largest absolute Gasteiger partial charge is 0.441 e. The van der Waals surface area contributed by atoms with Gasteiger partial charge in [0.2, 0.25) is 17.7 Å². The van der Waals surface area contributed by atoms with Crippen molar-refractivity contribution >= 4 is 17.5 Å². The van der Waals surface area contributed by atoms with Gasteiger partial charge in [-0.2, -0.15) is 0 Å². The van der Waals surface area contributed by atoms with Crippen LogP contribution in [0.15, 0.2) is 59.0 Å². The molecule has 6 nitrogen and oxygen atoms in total. The molecule has 6 heteroatoms. The number of nitrogens with zero attached hydrogens (tertiary/aromatic N) is 1. The fourth-order valence-corrected chi connectivity index (χ4v) is 3.01. The maximum Gasteiger partial charge on any atom is 0.227 e. The number of carbonyl (C=O) groups excluding carboxylic acids is 2. The molecule has 1 heterocycles. The molecule has 0 atom stereocenters. The Morgan fingerprint density at radius 1 is 1.07 bits per heavy atom. The molecule has 4 rings (SSSR count). The lowest BCUT2D eigenvalue weighted by Gasteiger charge is -2.07. The molecule has 1 aliphatic rings. The number of hydrogen-bond donors (Lipinski definition) is 2. The normalized spacial score (nSPS) is 13.1. The zero-order valence-corrected chi connectivity index (χ0v) is 16.3. The first-order chi connectivity index (χ1) is 14.1. The smallest absolute Gasteiger partial charge is 0.227 e. The summed E-state index contributed by atoms with van der Waals surface area (Å²) in [6.45, 7) is 2.23. The highest BCUT2D eigenvalue weighted by Crippen LogP contribution is 2.30. The van der Waals surface area contributed by atoms with Crippen LogP contribution in [0.2, 0.25) is 0 Å². The molecule has 0 spiro atoms. The minimum Gasteiger partial charge on any atom is -0.441 e. The van der Waals surface area contributed by atoms with Gasteiger partial charge < -0.3 is 15.1 Å². The highest BCUT2D eigenvalue weighted by atomic mass is 16.4. The van der Waals surface area contributed by atoms with Crippen LogP contribution in [-0.2, 0) is 22.6 Å². The van der Waals surface area contributed by atoms with Crippen LogP contribution in [-0.4, -0.2) is 16.8 Å². The zero-order valence-electron chi connectivity index (χ0n) is 16.3. The Morgan fingerprint density at radius 2 is 1.79 bits per heavy atom. The molecule has 0 bridgehead atoms. The average Bonchev–Trinajstić information content (AvgIpc) is 3.53.